The maximum absolute atomic E-state index is 12.5. The SMILES string of the molecule is CN1C(=O)CC[C@]2(C)[C@H]3CC[C@]4(C)[C@@H](CCC(=O)Nc5ccccn5)CC[C@H]4[C@@H]3CC[C@@H]12. The Morgan fingerprint density at radius 1 is 1.09 bits per heavy atom. The highest BCUT2D eigenvalue weighted by Crippen LogP contribution is 2.66. The smallest absolute Gasteiger partial charge is 0.225 e. The molecule has 32 heavy (non-hydrogen) atoms. The zero-order chi connectivity index (χ0) is 22.5. The molecule has 5 heteroatoms. The van der Waals surface area contributed by atoms with Gasteiger partial charge in [0, 0.05) is 32.1 Å². The van der Waals surface area contributed by atoms with Gasteiger partial charge in [-0.1, -0.05) is 19.9 Å². The second-order valence-electron chi connectivity index (χ2n) is 11.6. The summed E-state index contributed by atoms with van der Waals surface area (Å²) in [5, 5.41) is 2.96. The number of fused-ring (bicyclic) bond motifs is 5. The van der Waals surface area contributed by atoms with Crippen molar-refractivity contribution < 1.29 is 9.59 Å². The molecule has 4 fully saturated rings. The Hall–Kier alpha value is -1.91. The molecule has 0 bridgehead atoms. The zero-order valence-corrected chi connectivity index (χ0v) is 20.0. The number of nitrogens with one attached hydrogen (secondary N) is 1. The Labute approximate surface area is 192 Å². The fraction of sp³-hybridized carbons (Fsp3) is 0.741. The third-order valence-corrected chi connectivity index (χ3v) is 10.4. The van der Waals surface area contributed by atoms with Gasteiger partial charge in [0.1, 0.15) is 5.82 Å². The molecular weight excluding hydrogens is 398 g/mol. The first kappa shape index (κ1) is 21.9. The van der Waals surface area contributed by atoms with Crippen LogP contribution in [0.4, 0.5) is 5.82 Å². The van der Waals surface area contributed by atoms with Gasteiger partial charge < -0.3 is 10.2 Å². The molecule has 0 unspecified atom stereocenters. The number of likely N-dealkylation sites (tertiary alicyclic amines) is 1. The van der Waals surface area contributed by atoms with Crippen molar-refractivity contribution in [3.63, 3.8) is 0 Å². The van der Waals surface area contributed by atoms with Crippen molar-refractivity contribution in [2.45, 2.75) is 84.1 Å². The monoisotopic (exact) mass is 437 g/mol. The van der Waals surface area contributed by atoms with Crippen molar-refractivity contribution in [3.05, 3.63) is 24.4 Å². The first-order valence-electron chi connectivity index (χ1n) is 12.8. The van der Waals surface area contributed by atoms with Crippen LogP contribution in [0.15, 0.2) is 24.4 Å². The largest absolute Gasteiger partial charge is 0.342 e. The maximum Gasteiger partial charge on any atom is 0.225 e. The van der Waals surface area contributed by atoms with Gasteiger partial charge in [0.05, 0.1) is 0 Å². The van der Waals surface area contributed by atoms with Crippen molar-refractivity contribution in [1.29, 1.82) is 0 Å². The molecule has 3 saturated carbocycles. The number of anilines is 1. The summed E-state index contributed by atoms with van der Waals surface area (Å²) >= 11 is 0. The molecule has 2 heterocycles. The minimum absolute atomic E-state index is 0.0902. The second-order valence-corrected chi connectivity index (χ2v) is 11.6. The van der Waals surface area contributed by atoms with Crippen molar-refractivity contribution >= 4 is 17.6 Å². The Morgan fingerprint density at radius 3 is 2.69 bits per heavy atom. The predicted molar refractivity (Wildman–Crippen MR) is 126 cm³/mol. The van der Waals surface area contributed by atoms with E-state index in [0.29, 0.717) is 35.5 Å². The standard InChI is InChI=1S/C27H39N3O2/c1-26-15-13-21-19(9-11-22-27(21,2)16-14-25(32)30(22)3)20(26)10-7-18(26)8-12-24(31)29-23-6-4-5-17-28-23/h4-6,17-22H,7-16H2,1-3H3,(H,28,29,31)/t18-,19+,20+,21+,22-,26-,27-/m1/s1. The van der Waals surface area contributed by atoms with E-state index in [9.17, 15) is 9.59 Å². The van der Waals surface area contributed by atoms with Crippen molar-refractivity contribution in [1.82, 2.24) is 9.88 Å². The molecule has 5 rings (SSSR count). The van der Waals surface area contributed by atoms with E-state index in [0.717, 1.165) is 37.0 Å². The first-order valence-corrected chi connectivity index (χ1v) is 12.8. The Kier molecular flexibility index (Phi) is 5.58. The molecule has 1 aromatic heterocycles. The first-order chi connectivity index (χ1) is 15.3. The summed E-state index contributed by atoms with van der Waals surface area (Å²) in [5.41, 5.74) is 0.652. The van der Waals surface area contributed by atoms with Crippen LogP contribution in [-0.4, -0.2) is 34.8 Å². The summed E-state index contributed by atoms with van der Waals surface area (Å²) in [7, 11) is 2.04. The fourth-order valence-electron chi connectivity index (χ4n) is 8.68. The topological polar surface area (TPSA) is 62.3 Å². The molecule has 1 aliphatic heterocycles. The van der Waals surface area contributed by atoms with Crippen LogP contribution in [0, 0.1) is 34.5 Å². The van der Waals surface area contributed by atoms with Gasteiger partial charge in [0.25, 0.3) is 0 Å². The van der Waals surface area contributed by atoms with E-state index in [-0.39, 0.29) is 11.3 Å². The summed E-state index contributed by atoms with van der Waals surface area (Å²) in [6.07, 6.45) is 12.7. The third kappa shape index (κ3) is 3.47. The van der Waals surface area contributed by atoms with Crippen LogP contribution in [0.3, 0.4) is 0 Å². The highest BCUT2D eigenvalue weighted by Gasteiger charge is 2.60. The van der Waals surface area contributed by atoms with E-state index in [4.69, 9.17) is 0 Å². The molecule has 1 N–H and O–H groups in total. The predicted octanol–water partition coefficient (Wildman–Crippen LogP) is 5.28. The summed E-state index contributed by atoms with van der Waals surface area (Å²) < 4.78 is 0. The number of nitrogens with zero attached hydrogens (tertiary/aromatic N) is 2. The Balaban J connectivity index is 1.25. The molecule has 1 aromatic rings. The van der Waals surface area contributed by atoms with Crippen LogP contribution in [0.5, 0.6) is 0 Å². The van der Waals surface area contributed by atoms with Crippen molar-refractivity contribution in [2.75, 3.05) is 12.4 Å². The maximum atomic E-state index is 12.5. The number of hydrogen-bond acceptors (Lipinski definition) is 3. The van der Waals surface area contributed by atoms with Gasteiger partial charge in [0.2, 0.25) is 11.8 Å². The lowest BCUT2D eigenvalue weighted by Crippen LogP contribution is -2.61. The zero-order valence-electron chi connectivity index (χ0n) is 20.0. The van der Waals surface area contributed by atoms with Crippen LogP contribution in [0.25, 0.3) is 0 Å². The molecule has 1 saturated heterocycles. The molecule has 4 aliphatic rings. The molecule has 2 amide bonds. The number of amides is 2. The van der Waals surface area contributed by atoms with Gasteiger partial charge in [-0.3, -0.25) is 9.59 Å². The van der Waals surface area contributed by atoms with Crippen LogP contribution in [-0.2, 0) is 9.59 Å². The summed E-state index contributed by atoms with van der Waals surface area (Å²) in [4.78, 5) is 31.2. The highest BCUT2D eigenvalue weighted by molar-refractivity contribution is 5.89. The molecule has 0 aromatic carbocycles. The molecule has 5 nitrogen and oxygen atoms in total. The lowest BCUT2D eigenvalue weighted by Gasteiger charge is -2.62. The number of piperidine rings is 1. The summed E-state index contributed by atoms with van der Waals surface area (Å²) in [6.45, 7) is 5.03. The third-order valence-electron chi connectivity index (χ3n) is 10.4. The molecule has 0 spiro atoms. The van der Waals surface area contributed by atoms with E-state index < -0.39 is 0 Å². The van der Waals surface area contributed by atoms with Gasteiger partial charge in [0.15, 0.2) is 0 Å². The minimum atomic E-state index is 0.0902. The molecule has 3 aliphatic carbocycles. The minimum Gasteiger partial charge on any atom is -0.342 e. The van der Waals surface area contributed by atoms with Gasteiger partial charge in [-0.15, -0.1) is 0 Å². The number of pyridine rings is 1. The van der Waals surface area contributed by atoms with E-state index >= 15 is 0 Å². The van der Waals surface area contributed by atoms with Gasteiger partial charge in [-0.25, -0.2) is 4.98 Å². The average molecular weight is 438 g/mol. The Bertz CT molecular complexity index is 873. The molecule has 0 radical (unpaired) electrons. The van der Waals surface area contributed by atoms with E-state index in [1.54, 1.807) is 6.20 Å². The highest BCUT2D eigenvalue weighted by atomic mass is 16.2. The number of carbonyl (C=O) groups is 2. The van der Waals surface area contributed by atoms with Crippen molar-refractivity contribution in [3.8, 4) is 0 Å². The van der Waals surface area contributed by atoms with Crippen LogP contribution in [0.1, 0.15) is 78.1 Å². The second kappa shape index (κ2) is 8.14. The molecule has 174 valence electrons. The van der Waals surface area contributed by atoms with E-state index in [1.807, 2.05) is 25.2 Å². The normalized spacial score (nSPS) is 40.9. The van der Waals surface area contributed by atoms with E-state index in [2.05, 4.69) is 29.0 Å². The summed E-state index contributed by atoms with van der Waals surface area (Å²) in [5.74, 6) is 4.05. The average Bonchev–Trinajstić information content (AvgIpc) is 3.12. The van der Waals surface area contributed by atoms with Crippen LogP contribution < -0.4 is 5.32 Å². The molecular formula is C27H39N3O2. The van der Waals surface area contributed by atoms with Gasteiger partial charge in [-0.2, -0.15) is 0 Å². The van der Waals surface area contributed by atoms with Crippen LogP contribution in [0.2, 0.25) is 0 Å². The fourth-order valence-corrected chi connectivity index (χ4v) is 8.68. The number of hydrogen-bond donors (Lipinski definition) is 1. The lowest BCUT2D eigenvalue weighted by molar-refractivity contribution is -0.158. The molecule has 7 atom stereocenters. The quantitative estimate of drug-likeness (QED) is 0.697. The van der Waals surface area contributed by atoms with Crippen molar-refractivity contribution in [2.24, 2.45) is 34.5 Å². The van der Waals surface area contributed by atoms with Gasteiger partial charge in [-0.05, 0) is 98.0 Å². The Morgan fingerprint density at radius 2 is 1.91 bits per heavy atom. The lowest BCUT2D eigenvalue weighted by atomic mass is 9.46. The van der Waals surface area contributed by atoms with Gasteiger partial charge >= 0.3 is 0 Å². The van der Waals surface area contributed by atoms with Crippen LogP contribution >= 0.6 is 0 Å². The number of carbonyl (C=O) groups excluding carboxylic acids is 2. The number of aromatic nitrogens is 1. The van der Waals surface area contributed by atoms with E-state index in [1.165, 1.54) is 38.5 Å². The number of rotatable bonds is 4. The summed E-state index contributed by atoms with van der Waals surface area (Å²) in [6, 6.07) is 6.04.